The number of hydrogen-bond acceptors (Lipinski definition) is 4. The zero-order valence-corrected chi connectivity index (χ0v) is 12.5. The summed E-state index contributed by atoms with van der Waals surface area (Å²) in [7, 11) is -3.11. The molecule has 1 saturated heterocycles. The van der Waals surface area contributed by atoms with Gasteiger partial charge in [-0.15, -0.1) is 0 Å². The van der Waals surface area contributed by atoms with Crippen LogP contribution in [0.2, 0.25) is 0 Å². The van der Waals surface area contributed by atoms with Crippen LogP contribution in [0.1, 0.15) is 40.0 Å². The first-order chi connectivity index (χ1) is 8.41. The van der Waals surface area contributed by atoms with Crippen molar-refractivity contribution in [1.82, 2.24) is 10.0 Å². The van der Waals surface area contributed by atoms with Crippen LogP contribution in [0.4, 0.5) is 0 Å². The largest absolute Gasteiger partial charge is 0.375 e. The summed E-state index contributed by atoms with van der Waals surface area (Å²) < 4.78 is 31.2. The number of sulfonamides is 1. The number of hydrogen-bond donors (Lipinski definition) is 2. The number of ether oxygens (including phenoxy) is 1. The third kappa shape index (κ3) is 5.22. The van der Waals surface area contributed by atoms with Crippen LogP contribution in [-0.2, 0) is 14.8 Å². The Morgan fingerprint density at radius 2 is 2.11 bits per heavy atom. The summed E-state index contributed by atoms with van der Waals surface area (Å²) in [5.41, 5.74) is -0.0591. The fourth-order valence-corrected chi connectivity index (χ4v) is 3.21. The van der Waals surface area contributed by atoms with E-state index >= 15 is 0 Å². The van der Waals surface area contributed by atoms with Gasteiger partial charge < -0.3 is 10.1 Å². The van der Waals surface area contributed by atoms with Crippen molar-refractivity contribution < 1.29 is 13.2 Å². The lowest BCUT2D eigenvalue weighted by Gasteiger charge is -2.38. The minimum atomic E-state index is -3.11. The molecule has 0 aromatic rings. The Kier molecular flexibility index (Phi) is 6.04. The molecule has 1 heterocycles. The van der Waals surface area contributed by atoms with E-state index in [2.05, 4.69) is 23.9 Å². The van der Waals surface area contributed by atoms with E-state index in [9.17, 15) is 8.42 Å². The van der Waals surface area contributed by atoms with Gasteiger partial charge in [0.1, 0.15) is 0 Å². The van der Waals surface area contributed by atoms with Crippen LogP contribution < -0.4 is 10.0 Å². The van der Waals surface area contributed by atoms with E-state index in [1.54, 1.807) is 6.92 Å². The molecule has 2 unspecified atom stereocenters. The van der Waals surface area contributed by atoms with Gasteiger partial charge in [-0.05, 0) is 26.2 Å². The van der Waals surface area contributed by atoms with Crippen molar-refractivity contribution in [1.29, 1.82) is 0 Å². The van der Waals surface area contributed by atoms with Gasteiger partial charge >= 0.3 is 0 Å². The predicted molar refractivity (Wildman–Crippen MR) is 73.1 cm³/mol. The standard InChI is InChI=1S/C12H26N2O3S/c1-4-12(3)10-11(6-8-17-12)13-7-9-18(15,16)14-5-2/h11,13-14H,4-10H2,1-3H3. The molecular formula is C12H26N2O3S. The molecule has 0 aromatic heterocycles. The Labute approximate surface area is 111 Å². The van der Waals surface area contributed by atoms with Gasteiger partial charge in [-0.2, -0.15) is 0 Å². The fraction of sp³-hybridized carbons (Fsp3) is 1.00. The Morgan fingerprint density at radius 3 is 2.72 bits per heavy atom. The average molecular weight is 278 g/mol. The van der Waals surface area contributed by atoms with Crippen molar-refractivity contribution in [3.05, 3.63) is 0 Å². The van der Waals surface area contributed by atoms with Crippen molar-refractivity contribution in [2.24, 2.45) is 0 Å². The Hall–Kier alpha value is -0.170. The summed E-state index contributed by atoms with van der Waals surface area (Å²) in [5, 5.41) is 3.33. The highest BCUT2D eigenvalue weighted by Gasteiger charge is 2.31. The summed E-state index contributed by atoms with van der Waals surface area (Å²) in [6, 6.07) is 0.362. The van der Waals surface area contributed by atoms with Crippen molar-refractivity contribution in [2.45, 2.75) is 51.7 Å². The van der Waals surface area contributed by atoms with Gasteiger partial charge in [-0.1, -0.05) is 13.8 Å². The van der Waals surface area contributed by atoms with E-state index in [4.69, 9.17) is 4.74 Å². The van der Waals surface area contributed by atoms with Crippen molar-refractivity contribution in [3.63, 3.8) is 0 Å². The highest BCUT2D eigenvalue weighted by molar-refractivity contribution is 7.89. The number of nitrogens with one attached hydrogen (secondary N) is 2. The molecular weight excluding hydrogens is 252 g/mol. The van der Waals surface area contributed by atoms with Crippen LogP contribution in [0.15, 0.2) is 0 Å². The molecule has 108 valence electrons. The second kappa shape index (κ2) is 6.84. The maximum Gasteiger partial charge on any atom is 0.212 e. The van der Waals surface area contributed by atoms with E-state index in [-0.39, 0.29) is 11.4 Å². The van der Waals surface area contributed by atoms with Crippen LogP contribution in [-0.4, -0.2) is 45.5 Å². The maximum absolute atomic E-state index is 11.5. The van der Waals surface area contributed by atoms with E-state index in [0.29, 0.717) is 19.1 Å². The number of rotatable bonds is 7. The summed E-state index contributed by atoms with van der Waals surface area (Å²) in [5.74, 6) is 0.140. The second-order valence-corrected chi connectivity index (χ2v) is 7.04. The van der Waals surface area contributed by atoms with E-state index < -0.39 is 10.0 Å². The zero-order valence-electron chi connectivity index (χ0n) is 11.7. The predicted octanol–water partition coefficient (Wildman–Crippen LogP) is 0.863. The van der Waals surface area contributed by atoms with Crippen molar-refractivity contribution in [2.75, 3.05) is 25.4 Å². The van der Waals surface area contributed by atoms with Gasteiger partial charge in [0.25, 0.3) is 0 Å². The first kappa shape index (κ1) is 15.9. The molecule has 0 radical (unpaired) electrons. The van der Waals surface area contributed by atoms with Crippen LogP contribution in [0.5, 0.6) is 0 Å². The average Bonchev–Trinajstić information content (AvgIpc) is 2.29. The first-order valence-corrected chi connectivity index (χ1v) is 8.40. The molecule has 1 aliphatic rings. The van der Waals surface area contributed by atoms with Crippen LogP contribution in [0.3, 0.4) is 0 Å². The SMILES string of the molecule is CCNS(=O)(=O)CCNC1CCOC(C)(CC)C1. The molecule has 2 N–H and O–H groups in total. The van der Waals surface area contributed by atoms with Gasteiger partial charge in [0.05, 0.1) is 11.4 Å². The van der Waals surface area contributed by atoms with Gasteiger partial charge in [0.15, 0.2) is 0 Å². The summed E-state index contributed by atoms with van der Waals surface area (Å²) in [4.78, 5) is 0. The van der Waals surface area contributed by atoms with Gasteiger partial charge in [0, 0.05) is 25.7 Å². The molecule has 6 heteroatoms. The Balaban J connectivity index is 2.32. The highest BCUT2D eigenvalue weighted by Crippen LogP contribution is 2.27. The third-order valence-electron chi connectivity index (χ3n) is 3.51. The third-order valence-corrected chi connectivity index (χ3v) is 4.98. The normalized spacial score (nSPS) is 29.4. The molecule has 0 spiro atoms. The molecule has 1 fully saturated rings. The van der Waals surface area contributed by atoms with E-state index in [1.165, 1.54) is 0 Å². The summed E-state index contributed by atoms with van der Waals surface area (Å²) >= 11 is 0. The minimum absolute atomic E-state index is 0.0591. The Bertz CT molecular complexity index is 345. The lowest BCUT2D eigenvalue weighted by molar-refractivity contribution is -0.0776. The molecule has 1 rings (SSSR count). The highest BCUT2D eigenvalue weighted by atomic mass is 32.2. The smallest absolute Gasteiger partial charge is 0.212 e. The van der Waals surface area contributed by atoms with Crippen molar-refractivity contribution >= 4 is 10.0 Å². The van der Waals surface area contributed by atoms with Gasteiger partial charge in [-0.25, -0.2) is 13.1 Å². The molecule has 5 nitrogen and oxygen atoms in total. The lowest BCUT2D eigenvalue weighted by Crippen LogP contribution is -2.46. The molecule has 0 amide bonds. The summed E-state index contributed by atoms with van der Waals surface area (Å²) in [6.45, 7) is 7.74. The molecule has 1 aliphatic heterocycles. The van der Waals surface area contributed by atoms with Crippen LogP contribution in [0.25, 0.3) is 0 Å². The molecule has 0 aromatic carbocycles. The summed E-state index contributed by atoms with van der Waals surface area (Å²) in [6.07, 6.45) is 2.89. The maximum atomic E-state index is 11.5. The molecule has 0 saturated carbocycles. The van der Waals surface area contributed by atoms with E-state index in [1.807, 2.05) is 0 Å². The van der Waals surface area contributed by atoms with Gasteiger partial charge in [0.2, 0.25) is 10.0 Å². The van der Waals surface area contributed by atoms with Gasteiger partial charge in [-0.3, -0.25) is 0 Å². The first-order valence-electron chi connectivity index (χ1n) is 6.75. The second-order valence-electron chi connectivity index (χ2n) is 5.11. The quantitative estimate of drug-likeness (QED) is 0.725. The fourth-order valence-electron chi connectivity index (χ4n) is 2.24. The Morgan fingerprint density at radius 1 is 1.39 bits per heavy atom. The van der Waals surface area contributed by atoms with E-state index in [0.717, 1.165) is 25.9 Å². The topological polar surface area (TPSA) is 67.4 Å². The zero-order chi connectivity index (χ0) is 13.6. The minimum Gasteiger partial charge on any atom is -0.375 e. The molecule has 0 bridgehead atoms. The molecule has 2 atom stereocenters. The molecule has 0 aliphatic carbocycles. The van der Waals surface area contributed by atoms with Crippen LogP contribution in [0, 0.1) is 0 Å². The van der Waals surface area contributed by atoms with Crippen molar-refractivity contribution in [3.8, 4) is 0 Å². The van der Waals surface area contributed by atoms with Crippen LogP contribution >= 0.6 is 0 Å². The molecule has 18 heavy (non-hydrogen) atoms. The lowest BCUT2D eigenvalue weighted by atomic mass is 9.90. The monoisotopic (exact) mass is 278 g/mol.